The summed E-state index contributed by atoms with van der Waals surface area (Å²) in [6, 6.07) is 6.28. The predicted octanol–water partition coefficient (Wildman–Crippen LogP) is 0.711. The Morgan fingerprint density at radius 2 is 1.84 bits per heavy atom. The number of benzene rings is 1. The summed E-state index contributed by atoms with van der Waals surface area (Å²) in [7, 11) is 0. The Morgan fingerprint density at radius 1 is 1.26 bits per heavy atom. The SMILES string of the molecule is CCN(CC)C(=O)C(=O)N/N=C\c1ccc(O)cc1. The van der Waals surface area contributed by atoms with Gasteiger partial charge in [-0.3, -0.25) is 9.59 Å². The van der Waals surface area contributed by atoms with E-state index in [0.29, 0.717) is 18.7 Å². The Labute approximate surface area is 111 Å². The molecule has 6 heteroatoms. The van der Waals surface area contributed by atoms with E-state index < -0.39 is 11.8 Å². The average Bonchev–Trinajstić information content (AvgIpc) is 2.42. The smallest absolute Gasteiger partial charge is 0.329 e. The molecule has 0 saturated heterocycles. The van der Waals surface area contributed by atoms with E-state index in [9.17, 15) is 9.59 Å². The van der Waals surface area contributed by atoms with Crippen LogP contribution in [-0.2, 0) is 9.59 Å². The molecule has 0 aliphatic heterocycles. The maximum atomic E-state index is 11.6. The third-order valence-electron chi connectivity index (χ3n) is 2.52. The lowest BCUT2D eigenvalue weighted by molar-refractivity contribution is -0.145. The first-order valence-corrected chi connectivity index (χ1v) is 5.99. The molecule has 1 aromatic rings. The van der Waals surface area contributed by atoms with Crippen molar-refractivity contribution in [2.45, 2.75) is 13.8 Å². The minimum Gasteiger partial charge on any atom is -0.508 e. The van der Waals surface area contributed by atoms with Crippen LogP contribution < -0.4 is 5.43 Å². The van der Waals surface area contributed by atoms with Crippen molar-refractivity contribution in [2.75, 3.05) is 13.1 Å². The van der Waals surface area contributed by atoms with Gasteiger partial charge in [-0.1, -0.05) is 0 Å². The summed E-state index contributed by atoms with van der Waals surface area (Å²) in [4.78, 5) is 24.5. The van der Waals surface area contributed by atoms with E-state index >= 15 is 0 Å². The number of likely N-dealkylation sites (N-methyl/N-ethyl adjacent to an activating group) is 1. The summed E-state index contributed by atoms with van der Waals surface area (Å²) in [6.45, 7) is 4.55. The highest BCUT2D eigenvalue weighted by atomic mass is 16.3. The Kier molecular flexibility index (Phi) is 5.53. The van der Waals surface area contributed by atoms with Gasteiger partial charge < -0.3 is 10.0 Å². The summed E-state index contributed by atoms with van der Waals surface area (Å²) in [5, 5.41) is 12.8. The van der Waals surface area contributed by atoms with E-state index in [-0.39, 0.29) is 5.75 Å². The van der Waals surface area contributed by atoms with Crippen LogP contribution in [0.3, 0.4) is 0 Å². The fourth-order valence-corrected chi connectivity index (χ4v) is 1.43. The molecule has 0 heterocycles. The summed E-state index contributed by atoms with van der Waals surface area (Å²) >= 11 is 0. The molecule has 0 aliphatic rings. The van der Waals surface area contributed by atoms with Crippen molar-refractivity contribution in [3.8, 4) is 5.75 Å². The first-order valence-electron chi connectivity index (χ1n) is 5.99. The summed E-state index contributed by atoms with van der Waals surface area (Å²) in [5.74, 6) is -1.22. The number of nitrogens with one attached hydrogen (secondary N) is 1. The number of aromatic hydroxyl groups is 1. The lowest BCUT2D eigenvalue weighted by Crippen LogP contribution is -2.41. The standard InChI is InChI=1S/C13H17N3O3/c1-3-16(4-2)13(19)12(18)15-14-9-10-5-7-11(17)8-6-10/h5-9,17H,3-4H2,1-2H3,(H,15,18)/b14-9-. The number of hydrazone groups is 1. The number of nitrogens with zero attached hydrogens (tertiary/aromatic N) is 2. The lowest BCUT2D eigenvalue weighted by atomic mass is 10.2. The first kappa shape index (κ1) is 14.7. The van der Waals surface area contributed by atoms with Gasteiger partial charge in [-0.05, 0) is 43.7 Å². The van der Waals surface area contributed by atoms with Crippen molar-refractivity contribution in [3.05, 3.63) is 29.8 Å². The zero-order chi connectivity index (χ0) is 14.3. The van der Waals surface area contributed by atoms with Gasteiger partial charge in [0, 0.05) is 13.1 Å². The summed E-state index contributed by atoms with van der Waals surface area (Å²) < 4.78 is 0. The number of hydrogen-bond acceptors (Lipinski definition) is 4. The maximum Gasteiger partial charge on any atom is 0.329 e. The molecule has 0 aliphatic carbocycles. The van der Waals surface area contributed by atoms with Crippen LogP contribution in [0, 0.1) is 0 Å². The van der Waals surface area contributed by atoms with Gasteiger partial charge in [-0.2, -0.15) is 5.10 Å². The van der Waals surface area contributed by atoms with Gasteiger partial charge in [0.05, 0.1) is 6.21 Å². The van der Waals surface area contributed by atoms with Gasteiger partial charge in [0.2, 0.25) is 0 Å². The van der Waals surface area contributed by atoms with Gasteiger partial charge in [-0.25, -0.2) is 5.43 Å². The van der Waals surface area contributed by atoms with Crippen LogP contribution in [0.1, 0.15) is 19.4 Å². The molecule has 19 heavy (non-hydrogen) atoms. The van der Waals surface area contributed by atoms with Crippen LogP contribution in [0.5, 0.6) is 5.75 Å². The fraction of sp³-hybridized carbons (Fsp3) is 0.308. The van der Waals surface area contributed by atoms with Gasteiger partial charge in [0.1, 0.15) is 5.75 Å². The number of phenols is 1. The van der Waals surface area contributed by atoms with Crippen LogP contribution in [0.4, 0.5) is 0 Å². The van der Waals surface area contributed by atoms with E-state index in [0.717, 1.165) is 0 Å². The normalized spacial score (nSPS) is 10.4. The number of carbonyl (C=O) groups is 2. The van der Waals surface area contributed by atoms with Crippen LogP contribution in [0.2, 0.25) is 0 Å². The number of rotatable bonds is 4. The lowest BCUT2D eigenvalue weighted by Gasteiger charge is -2.16. The Bertz CT molecular complexity index is 465. The quantitative estimate of drug-likeness (QED) is 0.477. The van der Waals surface area contributed by atoms with Crippen molar-refractivity contribution in [2.24, 2.45) is 5.10 Å². The molecule has 6 nitrogen and oxygen atoms in total. The zero-order valence-corrected chi connectivity index (χ0v) is 11.0. The zero-order valence-electron chi connectivity index (χ0n) is 11.0. The third-order valence-corrected chi connectivity index (χ3v) is 2.52. The number of hydrogen-bond donors (Lipinski definition) is 2. The largest absolute Gasteiger partial charge is 0.508 e. The minimum absolute atomic E-state index is 0.151. The monoisotopic (exact) mass is 263 g/mol. The Hall–Kier alpha value is -2.37. The molecule has 1 aromatic carbocycles. The minimum atomic E-state index is -0.765. The fourth-order valence-electron chi connectivity index (χ4n) is 1.43. The van der Waals surface area contributed by atoms with Crippen molar-refractivity contribution < 1.29 is 14.7 Å². The van der Waals surface area contributed by atoms with Crippen LogP contribution in [0.15, 0.2) is 29.4 Å². The first-order chi connectivity index (χ1) is 9.08. The molecule has 0 unspecified atom stereocenters. The topological polar surface area (TPSA) is 82.0 Å². The number of amides is 2. The number of phenolic OH excluding ortho intramolecular Hbond substituents is 1. The van der Waals surface area contributed by atoms with Crippen molar-refractivity contribution in [3.63, 3.8) is 0 Å². The molecular formula is C13H17N3O3. The molecule has 2 N–H and O–H groups in total. The molecule has 1 rings (SSSR count). The van der Waals surface area contributed by atoms with E-state index in [2.05, 4.69) is 10.5 Å². The molecule has 0 radical (unpaired) electrons. The van der Waals surface area contributed by atoms with Gasteiger partial charge >= 0.3 is 11.8 Å². The molecule has 0 spiro atoms. The number of carbonyl (C=O) groups excluding carboxylic acids is 2. The van der Waals surface area contributed by atoms with E-state index in [1.54, 1.807) is 26.0 Å². The van der Waals surface area contributed by atoms with Gasteiger partial charge in [-0.15, -0.1) is 0 Å². The van der Waals surface area contributed by atoms with Crippen LogP contribution >= 0.6 is 0 Å². The average molecular weight is 263 g/mol. The van der Waals surface area contributed by atoms with E-state index in [4.69, 9.17) is 5.11 Å². The Balaban J connectivity index is 2.54. The highest BCUT2D eigenvalue weighted by Gasteiger charge is 2.18. The maximum absolute atomic E-state index is 11.6. The second-order valence-electron chi connectivity index (χ2n) is 3.77. The van der Waals surface area contributed by atoms with Crippen molar-refractivity contribution in [1.29, 1.82) is 0 Å². The molecule has 0 atom stereocenters. The van der Waals surface area contributed by atoms with Crippen LogP contribution in [0.25, 0.3) is 0 Å². The third kappa shape index (κ3) is 4.42. The molecule has 0 aromatic heterocycles. The Morgan fingerprint density at radius 3 is 2.37 bits per heavy atom. The van der Waals surface area contributed by atoms with E-state index in [1.165, 1.54) is 23.2 Å². The predicted molar refractivity (Wildman–Crippen MR) is 71.8 cm³/mol. The summed E-state index contributed by atoms with van der Waals surface area (Å²) in [6.07, 6.45) is 1.40. The molecule has 0 bridgehead atoms. The van der Waals surface area contributed by atoms with Crippen LogP contribution in [-0.4, -0.2) is 41.1 Å². The van der Waals surface area contributed by atoms with Gasteiger partial charge in [0.15, 0.2) is 0 Å². The molecule has 2 amide bonds. The second kappa shape index (κ2) is 7.15. The highest BCUT2D eigenvalue weighted by Crippen LogP contribution is 2.07. The molecule has 0 saturated carbocycles. The van der Waals surface area contributed by atoms with Crippen molar-refractivity contribution >= 4 is 18.0 Å². The molecule has 102 valence electrons. The molecular weight excluding hydrogens is 246 g/mol. The highest BCUT2D eigenvalue weighted by molar-refractivity contribution is 6.34. The molecule has 0 fully saturated rings. The van der Waals surface area contributed by atoms with E-state index in [1.807, 2.05) is 0 Å². The van der Waals surface area contributed by atoms with Crippen molar-refractivity contribution in [1.82, 2.24) is 10.3 Å². The van der Waals surface area contributed by atoms with Gasteiger partial charge in [0.25, 0.3) is 0 Å². The summed E-state index contributed by atoms with van der Waals surface area (Å²) in [5.41, 5.74) is 2.87. The second-order valence-corrected chi connectivity index (χ2v) is 3.77.